The number of carbonyl (C=O) groups excluding carboxylic acids is 1. The molecule has 0 saturated carbocycles. The molecule has 1 fully saturated rings. The minimum absolute atomic E-state index is 0.0246. The summed E-state index contributed by atoms with van der Waals surface area (Å²) in [7, 11) is 0. The van der Waals surface area contributed by atoms with Gasteiger partial charge in [0.15, 0.2) is 11.5 Å². The van der Waals surface area contributed by atoms with Crippen LogP contribution in [0.2, 0.25) is 0 Å². The van der Waals surface area contributed by atoms with Crippen LogP contribution in [-0.2, 0) is 4.79 Å². The van der Waals surface area contributed by atoms with Crippen LogP contribution in [0.5, 0.6) is 0 Å². The Morgan fingerprint density at radius 2 is 2.20 bits per heavy atom. The van der Waals surface area contributed by atoms with Crippen LogP contribution in [0.4, 0.5) is 5.82 Å². The van der Waals surface area contributed by atoms with Crippen LogP contribution >= 0.6 is 0 Å². The number of nitrogens with one attached hydrogen (secondary N) is 1. The van der Waals surface area contributed by atoms with Gasteiger partial charge >= 0.3 is 0 Å². The standard InChI is InChI=1S/C19H23N5O/c1-2-9-21-19(25)14-6-4-11-23(13-14)18-16-8-5-12-24(16)15-7-3-10-20-17(15)22-18/h3,5,7-8,10,12,14H,2,4,6,9,11,13H2,1H3,(H,21,25). The molecule has 4 rings (SSSR count). The molecular formula is C19H23N5O. The van der Waals surface area contributed by atoms with E-state index >= 15 is 0 Å². The molecule has 1 aliphatic rings. The van der Waals surface area contributed by atoms with Crippen molar-refractivity contribution in [3.8, 4) is 0 Å². The molecule has 1 saturated heterocycles. The van der Waals surface area contributed by atoms with Gasteiger partial charge in [-0.05, 0) is 43.5 Å². The number of pyridine rings is 1. The Labute approximate surface area is 146 Å². The highest BCUT2D eigenvalue weighted by Crippen LogP contribution is 2.28. The van der Waals surface area contributed by atoms with Gasteiger partial charge in [-0.1, -0.05) is 6.92 Å². The Morgan fingerprint density at radius 3 is 3.08 bits per heavy atom. The number of carbonyl (C=O) groups is 1. The predicted molar refractivity (Wildman–Crippen MR) is 98.7 cm³/mol. The molecule has 0 aliphatic carbocycles. The van der Waals surface area contributed by atoms with Crippen molar-refractivity contribution in [1.82, 2.24) is 19.7 Å². The summed E-state index contributed by atoms with van der Waals surface area (Å²) in [6.45, 7) is 4.45. The van der Waals surface area contributed by atoms with Crippen LogP contribution in [0, 0.1) is 5.92 Å². The number of rotatable bonds is 4. The fourth-order valence-electron chi connectivity index (χ4n) is 3.60. The topological polar surface area (TPSA) is 62.5 Å². The first-order valence-electron chi connectivity index (χ1n) is 9.02. The van der Waals surface area contributed by atoms with E-state index in [9.17, 15) is 4.79 Å². The lowest BCUT2D eigenvalue weighted by atomic mass is 9.97. The molecule has 0 spiro atoms. The molecule has 4 heterocycles. The number of nitrogens with zero attached hydrogens (tertiary/aromatic N) is 4. The summed E-state index contributed by atoms with van der Waals surface area (Å²) in [5.74, 6) is 1.11. The van der Waals surface area contributed by atoms with Gasteiger partial charge in [-0.15, -0.1) is 0 Å². The number of hydrogen-bond donors (Lipinski definition) is 1. The number of hydrogen-bond acceptors (Lipinski definition) is 4. The first-order chi connectivity index (χ1) is 12.3. The summed E-state index contributed by atoms with van der Waals surface area (Å²) in [4.78, 5) is 23.9. The molecule has 1 amide bonds. The summed E-state index contributed by atoms with van der Waals surface area (Å²) < 4.78 is 2.13. The zero-order valence-electron chi connectivity index (χ0n) is 14.5. The summed E-state index contributed by atoms with van der Waals surface area (Å²) in [5, 5.41) is 3.03. The van der Waals surface area contributed by atoms with Crippen LogP contribution in [0.15, 0.2) is 36.7 Å². The van der Waals surface area contributed by atoms with E-state index < -0.39 is 0 Å². The Hall–Kier alpha value is -2.63. The fraction of sp³-hybridized carbons (Fsp3) is 0.421. The molecule has 6 nitrogen and oxygen atoms in total. The highest BCUT2D eigenvalue weighted by atomic mass is 16.1. The van der Waals surface area contributed by atoms with Gasteiger partial charge in [0.2, 0.25) is 5.91 Å². The van der Waals surface area contributed by atoms with Crippen molar-refractivity contribution in [2.45, 2.75) is 26.2 Å². The number of piperidine rings is 1. The minimum Gasteiger partial charge on any atom is -0.356 e. The third-order valence-electron chi connectivity index (χ3n) is 4.86. The molecule has 130 valence electrons. The van der Waals surface area contributed by atoms with Crippen molar-refractivity contribution < 1.29 is 4.79 Å². The molecule has 3 aromatic rings. The van der Waals surface area contributed by atoms with E-state index in [0.717, 1.165) is 54.9 Å². The van der Waals surface area contributed by atoms with Crippen molar-refractivity contribution in [3.63, 3.8) is 0 Å². The monoisotopic (exact) mass is 337 g/mol. The second kappa shape index (κ2) is 6.70. The van der Waals surface area contributed by atoms with Crippen LogP contribution in [0.25, 0.3) is 16.7 Å². The quantitative estimate of drug-likeness (QED) is 0.795. The maximum absolute atomic E-state index is 12.4. The molecule has 0 aromatic carbocycles. The average molecular weight is 337 g/mol. The molecular weight excluding hydrogens is 314 g/mol. The molecule has 3 aromatic heterocycles. The van der Waals surface area contributed by atoms with Crippen LogP contribution in [0.3, 0.4) is 0 Å². The van der Waals surface area contributed by atoms with E-state index in [1.54, 1.807) is 6.20 Å². The molecule has 1 unspecified atom stereocenters. The number of amides is 1. The third kappa shape index (κ3) is 2.92. The van der Waals surface area contributed by atoms with Crippen LogP contribution < -0.4 is 10.2 Å². The van der Waals surface area contributed by atoms with E-state index in [4.69, 9.17) is 4.98 Å². The predicted octanol–water partition coefficient (Wildman–Crippen LogP) is 2.63. The normalized spacial score (nSPS) is 18.0. The van der Waals surface area contributed by atoms with E-state index in [2.05, 4.69) is 32.6 Å². The first kappa shape index (κ1) is 15.9. The van der Waals surface area contributed by atoms with Gasteiger partial charge in [0, 0.05) is 32.0 Å². The molecule has 1 N–H and O–H groups in total. The van der Waals surface area contributed by atoms with Crippen molar-refractivity contribution in [2.75, 3.05) is 24.5 Å². The highest BCUT2D eigenvalue weighted by molar-refractivity contribution is 5.84. The summed E-state index contributed by atoms with van der Waals surface area (Å²) in [5.41, 5.74) is 2.80. The summed E-state index contributed by atoms with van der Waals surface area (Å²) in [6, 6.07) is 8.07. The largest absolute Gasteiger partial charge is 0.356 e. The Bertz CT molecular complexity index is 903. The van der Waals surface area contributed by atoms with Gasteiger partial charge in [0.05, 0.1) is 17.0 Å². The van der Waals surface area contributed by atoms with E-state index in [-0.39, 0.29) is 11.8 Å². The maximum Gasteiger partial charge on any atom is 0.224 e. The smallest absolute Gasteiger partial charge is 0.224 e. The average Bonchev–Trinajstić information content (AvgIpc) is 3.15. The SMILES string of the molecule is CCCNC(=O)C1CCCN(c2nc3ncccc3n3cccc23)C1. The molecule has 0 bridgehead atoms. The number of fused-ring (bicyclic) bond motifs is 3. The lowest BCUT2D eigenvalue weighted by Gasteiger charge is -2.33. The Balaban J connectivity index is 1.68. The zero-order chi connectivity index (χ0) is 17.2. The van der Waals surface area contributed by atoms with Gasteiger partial charge in [-0.2, -0.15) is 0 Å². The maximum atomic E-state index is 12.4. The van der Waals surface area contributed by atoms with E-state index in [0.29, 0.717) is 6.54 Å². The lowest BCUT2D eigenvalue weighted by molar-refractivity contribution is -0.125. The minimum atomic E-state index is 0.0246. The molecule has 0 radical (unpaired) electrons. The van der Waals surface area contributed by atoms with Gasteiger partial charge in [0.25, 0.3) is 0 Å². The van der Waals surface area contributed by atoms with Crippen LogP contribution in [0.1, 0.15) is 26.2 Å². The second-order valence-corrected chi connectivity index (χ2v) is 6.62. The lowest BCUT2D eigenvalue weighted by Crippen LogP contribution is -2.43. The van der Waals surface area contributed by atoms with Gasteiger partial charge < -0.3 is 14.6 Å². The Kier molecular flexibility index (Phi) is 4.26. The van der Waals surface area contributed by atoms with Gasteiger partial charge in [-0.25, -0.2) is 9.97 Å². The number of aromatic nitrogens is 3. The number of anilines is 1. The molecule has 6 heteroatoms. The molecule has 25 heavy (non-hydrogen) atoms. The Morgan fingerprint density at radius 1 is 1.32 bits per heavy atom. The van der Waals surface area contributed by atoms with Gasteiger partial charge in [-0.3, -0.25) is 4.79 Å². The van der Waals surface area contributed by atoms with Gasteiger partial charge in [0.1, 0.15) is 0 Å². The molecule has 1 atom stereocenters. The van der Waals surface area contributed by atoms with E-state index in [1.807, 2.05) is 24.4 Å². The third-order valence-corrected chi connectivity index (χ3v) is 4.86. The second-order valence-electron chi connectivity index (χ2n) is 6.62. The van der Waals surface area contributed by atoms with Crippen molar-refractivity contribution >= 4 is 28.4 Å². The van der Waals surface area contributed by atoms with Crippen molar-refractivity contribution in [2.24, 2.45) is 5.92 Å². The van der Waals surface area contributed by atoms with E-state index in [1.165, 1.54) is 0 Å². The van der Waals surface area contributed by atoms with Crippen LogP contribution in [-0.4, -0.2) is 39.9 Å². The summed E-state index contributed by atoms with van der Waals surface area (Å²) >= 11 is 0. The highest BCUT2D eigenvalue weighted by Gasteiger charge is 2.27. The fourth-order valence-corrected chi connectivity index (χ4v) is 3.60. The zero-order valence-corrected chi connectivity index (χ0v) is 14.5. The first-order valence-corrected chi connectivity index (χ1v) is 9.02. The van der Waals surface area contributed by atoms with Crippen molar-refractivity contribution in [1.29, 1.82) is 0 Å². The summed E-state index contributed by atoms with van der Waals surface area (Å²) in [6.07, 6.45) is 6.71. The molecule has 1 aliphatic heterocycles. The van der Waals surface area contributed by atoms with Crippen molar-refractivity contribution in [3.05, 3.63) is 36.7 Å².